The highest BCUT2D eigenvalue weighted by Gasteiger charge is 2.45. The van der Waals surface area contributed by atoms with Gasteiger partial charge in [-0.25, -0.2) is 14.5 Å². The van der Waals surface area contributed by atoms with E-state index >= 15 is 0 Å². The number of hydrogen-bond donors (Lipinski definition) is 0. The van der Waals surface area contributed by atoms with E-state index in [2.05, 4.69) is 41.8 Å². The average molecular weight is 477 g/mol. The minimum atomic E-state index is -4.81. The van der Waals surface area contributed by atoms with Crippen LogP contribution >= 0.6 is 15.9 Å². The minimum Gasteiger partial charge on any atom is -0.404 e. The Labute approximate surface area is 175 Å². The fraction of sp³-hybridized carbons (Fsp3) is 0.263. The average Bonchev–Trinajstić information content (AvgIpc) is 3.34. The lowest BCUT2D eigenvalue weighted by atomic mass is 10.00. The second-order valence-corrected chi connectivity index (χ2v) is 7.95. The molecule has 0 bridgehead atoms. The number of aryl methyl sites for hydroxylation is 1. The molecule has 4 aromatic heterocycles. The molecular weight excluding hydrogens is 465 g/mol. The highest BCUT2D eigenvalue weighted by molar-refractivity contribution is 9.10. The van der Waals surface area contributed by atoms with Crippen molar-refractivity contribution < 1.29 is 17.9 Å². The van der Waals surface area contributed by atoms with Crippen molar-refractivity contribution in [3.05, 3.63) is 40.6 Å². The molecule has 1 aliphatic rings. The van der Waals surface area contributed by atoms with E-state index in [1.54, 1.807) is 16.1 Å². The topological polar surface area (TPSA) is 81.0 Å². The molecule has 1 aliphatic carbocycles. The van der Waals surface area contributed by atoms with Crippen LogP contribution in [0, 0.1) is 11.3 Å². The first-order valence-electron chi connectivity index (χ1n) is 8.89. The third-order valence-corrected chi connectivity index (χ3v) is 6.00. The summed E-state index contributed by atoms with van der Waals surface area (Å²) in [4.78, 5) is 8.47. The first-order chi connectivity index (χ1) is 14.2. The summed E-state index contributed by atoms with van der Waals surface area (Å²) in [6, 6.07) is 7.34. The van der Waals surface area contributed by atoms with Gasteiger partial charge in [0, 0.05) is 19.3 Å². The molecule has 152 valence electrons. The van der Waals surface area contributed by atoms with Crippen LogP contribution in [-0.4, -0.2) is 30.5 Å². The first-order valence-corrected chi connectivity index (χ1v) is 9.68. The zero-order valence-corrected chi connectivity index (χ0v) is 17.0. The number of alkyl halides is 3. The molecular formula is C19H12BrF3N6O. The molecule has 1 saturated carbocycles. The number of imidazole rings is 1. The summed E-state index contributed by atoms with van der Waals surface area (Å²) in [6.45, 7) is 0. The zero-order valence-electron chi connectivity index (χ0n) is 15.4. The quantitative estimate of drug-likeness (QED) is 0.434. The van der Waals surface area contributed by atoms with Crippen molar-refractivity contribution in [1.82, 2.24) is 24.1 Å². The third-order valence-electron chi connectivity index (χ3n) is 5.22. The molecule has 11 heteroatoms. The molecule has 0 unspecified atom stereocenters. The van der Waals surface area contributed by atoms with Crippen molar-refractivity contribution in [2.45, 2.75) is 24.6 Å². The predicted octanol–water partition coefficient (Wildman–Crippen LogP) is 4.50. The van der Waals surface area contributed by atoms with Gasteiger partial charge in [-0.2, -0.15) is 10.4 Å². The van der Waals surface area contributed by atoms with Crippen LogP contribution in [0.1, 0.15) is 18.4 Å². The van der Waals surface area contributed by atoms with Crippen LogP contribution in [0.15, 0.2) is 35.1 Å². The second kappa shape index (κ2) is 6.18. The van der Waals surface area contributed by atoms with Gasteiger partial charge in [0.15, 0.2) is 11.5 Å². The predicted molar refractivity (Wildman–Crippen MR) is 104 cm³/mol. The van der Waals surface area contributed by atoms with Gasteiger partial charge < -0.3 is 9.30 Å². The minimum absolute atomic E-state index is 0.250. The van der Waals surface area contributed by atoms with Crippen molar-refractivity contribution in [3.63, 3.8) is 0 Å². The maximum absolute atomic E-state index is 12.5. The fourth-order valence-electron chi connectivity index (χ4n) is 3.49. The van der Waals surface area contributed by atoms with Crippen LogP contribution in [0.5, 0.6) is 5.75 Å². The van der Waals surface area contributed by atoms with E-state index in [1.165, 1.54) is 6.07 Å². The summed E-state index contributed by atoms with van der Waals surface area (Å²) in [6.07, 6.45) is -0.330. The Bertz CT molecular complexity index is 1360. The van der Waals surface area contributed by atoms with Gasteiger partial charge in [0.25, 0.3) is 0 Å². The van der Waals surface area contributed by atoms with Gasteiger partial charge in [0.2, 0.25) is 0 Å². The lowest BCUT2D eigenvalue weighted by Gasteiger charge is -2.07. The molecule has 0 saturated heterocycles. The molecule has 0 radical (unpaired) electrons. The summed E-state index contributed by atoms with van der Waals surface area (Å²) in [5.41, 5.74) is 2.39. The molecule has 0 amide bonds. The Morgan fingerprint density at radius 3 is 2.73 bits per heavy atom. The molecule has 0 aromatic carbocycles. The fourth-order valence-corrected chi connectivity index (χ4v) is 4.06. The van der Waals surface area contributed by atoms with Crippen LogP contribution < -0.4 is 4.74 Å². The molecule has 4 aromatic rings. The van der Waals surface area contributed by atoms with Gasteiger partial charge in [-0.05, 0) is 40.4 Å². The monoisotopic (exact) mass is 476 g/mol. The van der Waals surface area contributed by atoms with Crippen LogP contribution in [-0.2, 0) is 12.5 Å². The SMILES string of the molecule is Cn1c(-c2nn3cc(C4(C#N)CC4)ccc3c2Br)nc2cc(OC(F)(F)F)cnc21. The number of halogens is 4. The van der Waals surface area contributed by atoms with E-state index in [4.69, 9.17) is 0 Å². The molecule has 5 rings (SSSR count). The lowest BCUT2D eigenvalue weighted by Crippen LogP contribution is -2.17. The number of aromatic nitrogens is 5. The smallest absolute Gasteiger partial charge is 0.404 e. The molecule has 4 heterocycles. The number of rotatable bonds is 3. The van der Waals surface area contributed by atoms with Gasteiger partial charge in [0.05, 0.1) is 27.7 Å². The number of hydrogen-bond acceptors (Lipinski definition) is 5. The van der Waals surface area contributed by atoms with Crippen LogP contribution in [0.2, 0.25) is 0 Å². The van der Waals surface area contributed by atoms with E-state index in [0.29, 0.717) is 21.6 Å². The summed E-state index contributed by atoms with van der Waals surface area (Å²) in [5, 5.41) is 14.0. The van der Waals surface area contributed by atoms with Gasteiger partial charge in [-0.3, -0.25) is 0 Å². The largest absolute Gasteiger partial charge is 0.573 e. The molecule has 0 N–H and O–H groups in total. The summed E-state index contributed by atoms with van der Waals surface area (Å²) < 4.78 is 45.4. The third kappa shape index (κ3) is 2.90. The highest BCUT2D eigenvalue weighted by atomic mass is 79.9. The maximum Gasteiger partial charge on any atom is 0.573 e. The van der Waals surface area contributed by atoms with Gasteiger partial charge in [-0.15, -0.1) is 13.2 Å². The van der Waals surface area contributed by atoms with Crippen molar-refractivity contribution in [3.8, 4) is 23.3 Å². The first kappa shape index (κ1) is 18.9. The Kier molecular flexibility index (Phi) is 3.89. The van der Waals surface area contributed by atoms with E-state index in [9.17, 15) is 18.4 Å². The van der Waals surface area contributed by atoms with Crippen molar-refractivity contribution >= 4 is 32.6 Å². The Hall–Kier alpha value is -3.13. The molecule has 30 heavy (non-hydrogen) atoms. The maximum atomic E-state index is 12.5. The van der Waals surface area contributed by atoms with Gasteiger partial charge in [-0.1, -0.05) is 6.07 Å². The van der Waals surface area contributed by atoms with Crippen LogP contribution in [0.3, 0.4) is 0 Å². The van der Waals surface area contributed by atoms with Gasteiger partial charge in [0.1, 0.15) is 17.0 Å². The van der Waals surface area contributed by atoms with E-state index in [1.807, 2.05) is 18.3 Å². The van der Waals surface area contributed by atoms with Gasteiger partial charge >= 0.3 is 6.36 Å². The number of fused-ring (bicyclic) bond motifs is 2. The normalized spacial score (nSPS) is 15.5. The van der Waals surface area contributed by atoms with E-state index in [-0.39, 0.29) is 5.52 Å². The van der Waals surface area contributed by atoms with Crippen molar-refractivity contribution in [2.75, 3.05) is 0 Å². The number of pyridine rings is 2. The number of ether oxygens (including phenoxy) is 1. The van der Waals surface area contributed by atoms with Crippen molar-refractivity contribution in [1.29, 1.82) is 5.26 Å². The zero-order chi connectivity index (χ0) is 21.3. The Balaban J connectivity index is 1.61. The van der Waals surface area contributed by atoms with Crippen LogP contribution in [0.25, 0.3) is 28.2 Å². The van der Waals surface area contributed by atoms with Crippen LogP contribution in [0.4, 0.5) is 13.2 Å². The number of nitriles is 1. The Morgan fingerprint density at radius 2 is 2.07 bits per heavy atom. The molecule has 1 fully saturated rings. The molecule has 7 nitrogen and oxygen atoms in total. The molecule has 0 atom stereocenters. The van der Waals surface area contributed by atoms with E-state index in [0.717, 1.165) is 30.1 Å². The highest BCUT2D eigenvalue weighted by Crippen LogP contribution is 2.47. The van der Waals surface area contributed by atoms with E-state index < -0.39 is 17.5 Å². The summed E-state index contributed by atoms with van der Waals surface area (Å²) in [7, 11) is 1.71. The number of nitrogens with zero attached hydrogens (tertiary/aromatic N) is 6. The molecule has 0 aliphatic heterocycles. The van der Waals surface area contributed by atoms with Crippen molar-refractivity contribution in [2.24, 2.45) is 7.05 Å². The summed E-state index contributed by atoms with van der Waals surface area (Å²) >= 11 is 3.55. The Morgan fingerprint density at radius 1 is 1.30 bits per heavy atom. The molecule has 0 spiro atoms. The summed E-state index contributed by atoms with van der Waals surface area (Å²) in [5.74, 6) is -0.00945. The lowest BCUT2D eigenvalue weighted by molar-refractivity contribution is -0.274. The standard InChI is InChI=1S/C19H12BrF3N6O/c1-28-16-12(6-11(7-25-16)30-19(21,22)23)26-17(28)15-14(20)13-3-2-10(8-29(13)27-15)18(9-24)4-5-18/h2-3,6-8H,4-5H2,1H3. The second-order valence-electron chi connectivity index (χ2n) is 7.16.